The number of halogens is 1. The molecule has 5 nitrogen and oxygen atoms in total. The molecule has 0 aromatic carbocycles. The molecule has 2 aromatic rings. The van der Waals surface area contributed by atoms with E-state index < -0.39 is 5.54 Å². The Bertz CT molecular complexity index is 556. The highest BCUT2D eigenvalue weighted by Gasteiger charge is 2.33. The zero-order valence-corrected chi connectivity index (χ0v) is 11.3. The summed E-state index contributed by atoms with van der Waals surface area (Å²) in [5.41, 5.74) is 5.96. The Morgan fingerprint density at radius 1 is 1.16 bits per heavy atom. The van der Waals surface area contributed by atoms with Crippen molar-refractivity contribution in [2.45, 2.75) is 44.1 Å². The molecule has 0 bridgehead atoms. The van der Waals surface area contributed by atoms with Crippen molar-refractivity contribution < 1.29 is 8.94 Å². The van der Waals surface area contributed by atoms with Gasteiger partial charge in [0.05, 0.1) is 5.54 Å². The van der Waals surface area contributed by atoms with Crippen LogP contribution in [0.4, 0.5) is 0 Å². The van der Waals surface area contributed by atoms with Gasteiger partial charge in [-0.05, 0) is 36.6 Å². The zero-order chi connectivity index (χ0) is 13.3. The van der Waals surface area contributed by atoms with E-state index in [9.17, 15) is 0 Å². The standard InChI is InChI=1S/C13H16ClN3O2/c14-10-6-5-9(18-10)11-16-12(17-19-11)13(15)7-3-1-2-4-8-13/h5-6H,1-4,7-8,15H2. The van der Waals surface area contributed by atoms with E-state index in [1.54, 1.807) is 12.1 Å². The first kappa shape index (κ1) is 12.7. The van der Waals surface area contributed by atoms with Crippen LogP contribution in [0.25, 0.3) is 11.7 Å². The molecule has 2 N–H and O–H groups in total. The van der Waals surface area contributed by atoms with Gasteiger partial charge in [-0.25, -0.2) is 0 Å². The molecular weight excluding hydrogens is 266 g/mol. The predicted molar refractivity (Wildman–Crippen MR) is 70.6 cm³/mol. The van der Waals surface area contributed by atoms with E-state index >= 15 is 0 Å². The van der Waals surface area contributed by atoms with Crippen LogP contribution in [-0.4, -0.2) is 10.1 Å². The molecule has 0 amide bonds. The molecule has 0 saturated heterocycles. The second kappa shape index (κ2) is 4.98. The summed E-state index contributed by atoms with van der Waals surface area (Å²) < 4.78 is 10.5. The second-order valence-corrected chi connectivity index (χ2v) is 5.47. The Labute approximate surface area is 116 Å². The molecule has 102 valence electrons. The summed E-state index contributed by atoms with van der Waals surface area (Å²) in [7, 11) is 0. The number of furan rings is 1. The fraction of sp³-hybridized carbons (Fsp3) is 0.538. The first-order valence-corrected chi connectivity index (χ1v) is 6.94. The number of hydrogen-bond donors (Lipinski definition) is 1. The van der Waals surface area contributed by atoms with E-state index in [1.807, 2.05) is 0 Å². The van der Waals surface area contributed by atoms with Crippen LogP contribution >= 0.6 is 11.6 Å². The SMILES string of the molecule is NC1(c2noc(-c3ccc(Cl)o3)n2)CCCCCC1. The molecular formula is C13H16ClN3O2. The highest BCUT2D eigenvalue weighted by molar-refractivity contribution is 6.28. The van der Waals surface area contributed by atoms with Crippen molar-refractivity contribution in [1.82, 2.24) is 10.1 Å². The van der Waals surface area contributed by atoms with Crippen LogP contribution in [0.5, 0.6) is 0 Å². The van der Waals surface area contributed by atoms with E-state index in [1.165, 1.54) is 12.8 Å². The van der Waals surface area contributed by atoms with Crippen molar-refractivity contribution in [2.75, 3.05) is 0 Å². The number of hydrogen-bond acceptors (Lipinski definition) is 5. The lowest BCUT2D eigenvalue weighted by atomic mass is 9.91. The number of aromatic nitrogens is 2. The lowest BCUT2D eigenvalue weighted by molar-refractivity contribution is 0.333. The minimum Gasteiger partial charge on any atom is -0.440 e. The van der Waals surface area contributed by atoms with Crippen LogP contribution in [0.15, 0.2) is 21.1 Å². The van der Waals surface area contributed by atoms with Gasteiger partial charge in [0.2, 0.25) is 0 Å². The van der Waals surface area contributed by atoms with Gasteiger partial charge < -0.3 is 14.7 Å². The number of rotatable bonds is 2. The lowest BCUT2D eigenvalue weighted by Crippen LogP contribution is -2.37. The second-order valence-electron chi connectivity index (χ2n) is 5.10. The minimum atomic E-state index is -0.478. The van der Waals surface area contributed by atoms with Crippen LogP contribution in [-0.2, 0) is 5.54 Å². The van der Waals surface area contributed by atoms with Gasteiger partial charge in [0, 0.05) is 0 Å². The van der Waals surface area contributed by atoms with Crippen molar-refractivity contribution in [3.63, 3.8) is 0 Å². The van der Waals surface area contributed by atoms with Crippen molar-refractivity contribution >= 4 is 11.6 Å². The molecule has 1 aliphatic carbocycles. The molecule has 6 heteroatoms. The van der Waals surface area contributed by atoms with Crippen molar-refractivity contribution in [3.8, 4) is 11.7 Å². The summed E-state index contributed by atoms with van der Waals surface area (Å²) in [5.74, 6) is 1.37. The number of nitrogens with two attached hydrogens (primary N) is 1. The molecule has 0 radical (unpaired) electrons. The smallest absolute Gasteiger partial charge is 0.293 e. The number of nitrogens with zero attached hydrogens (tertiary/aromatic N) is 2. The predicted octanol–water partition coefficient (Wildman–Crippen LogP) is 3.49. The first-order valence-electron chi connectivity index (χ1n) is 6.56. The average molecular weight is 282 g/mol. The fourth-order valence-electron chi connectivity index (χ4n) is 2.54. The molecule has 0 atom stereocenters. The molecule has 2 aromatic heterocycles. The monoisotopic (exact) mass is 281 g/mol. The van der Waals surface area contributed by atoms with Gasteiger partial charge in [-0.3, -0.25) is 0 Å². The quantitative estimate of drug-likeness (QED) is 0.853. The van der Waals surface area contributed by atoms with Crippen molar-refractivity contribution in [2.24, 2.45) is 5.73 Å². The Morgan fingerprint density at radius 3 is 2.53 bits per heavy atom. The molecule has 1 fully saturated rings. The van der Waals surface area contributed by atoms with E-state index in [0.29, 0.717) is 22.7 Å². The Hall–Kier alpha value is -1.33. The molecule has 19 heavy (non-hydrogen) atoms. The van der Waals surface area contributed by atoms with Gasteiger partial charge >= 0.3 is 0 Å². The summed E-state index contributed by atoms with van der Waals surface area (Å²) in [6.07, 6.45) is 6.44. The maximum Gasteiger partial charge on any atom is 0.293 e. The topological polar surface area (TPSA) is 78.1 Å². The highest BCUT2D eigenvalue weighted by Crippen LogP contribution is 2.33. The largest absolute Gasteiger partial charge is 0.440 e. The minimum absolute atomic E-state index is 0.298. The van der Waals surface area contributed by atoms with E-state index in [0.717, 1.165) is 25.7 Å². The third-order valence-corrected chi connectivity index (χ3v) is 3.85. The normalized spacial score (nSPS) is 19.3. The molecule has 0 unspecified atom stereocenters. The Kier molecular flexibility index (Phi) is 3.33. The highest BCUT2D eigenvalue weighted by atomic mass is 35.5. The molecule has 3 rings (SSSR count). The van der Waals surface area contributed by atoms with Crippen LogP contribution in [0, 0.1) is 0 Å². The fourth-order valence-corrected chi connectivity index (χ4v) is 2.68. The van der Waals surface area contributed by atoms with Gasteiger partial charge in [-0.2, -0.15) is 4.98 Å². The first-order chi connectivity index (χ1) is 9.17. The third-order valence-electron chi connectivity index (χ3n) is 3.65. The van der Waals surface area contributed by atoms with E-state index in [4.69, 9.17) is 26.3 Å². The summed E-state index contributed by atoms with van der Waals surface area (Å²) in [6.45, 7) is 0. The van der Waals surface area contributed by atoms with Gasteiger partial charge in [0.25, 0.3) is 5.89 Å². The summed E-state index contributed by atoms with van der Waals surface area (Å²) in [4.78, 5) is 4.38. The van der Waals surface area contributed by atoms with Crippen LogP contribution in [0.2, 0.25) is 5.22 Å². The Balaban J connectivity index is 1.87. The molecule has 1 saturated carbocycles. The maximum absolute atomic E-state index is 6.44. The molecule has 1 aliphatic rings. The van der Waals surface area contributed by atoms with Gasteiger partial charge in [-0.15, -0.1) is 0 Å². The summed E-state index contributed by atoms with van der Waals surface area (Å²) in [6, 6.07) is 3.35. The van der Waals surface area contributed by atoms with E-state index in [2.05, 4.69) is 10.1 Å². The van der Waals surface area contributed by atoms with Gasteiger partial charge in [0.15, 0.2) is 16.8 Å². The van der Waals surface area contributed by atoms with Crippen LogP contribution in [0.3, 0.4) is 0 Å². The Morgan fingerprint density at radius 2 is 1.89 bits per heavy atom. The van der Waals surface area contributed by atoms with E-state index in [-0.39, 0.29) is 0 Å². The van der Waals surface area contributed by atoms with Crippen LogP contribution in [0.1, 0.15) is 44.3 Å². The lowest BCUT2D eigenvalue weighted by Gasteiger charge is -2.23. The maximum atomic E-state index is 6.44. The molecule has 0 aliphatic heterocycles. The van der Waals surface area contributed by atoms with Gasteiger partial charge in [-0.1, -0.05) is 30.8 Å². The van der Waals surface area contributed by atoms with Crippen molar-refractivity contribution in [3.05, 3.63) is 23.2 Å². The molecule has 2 heterocycles. The zero-order valence-electron chi connectivity index (χ0n) is 10.6. The average Bonchev–Trinajstić information content (AvgIpc) is 2.97. The summed E-state index contributed by atoms with van der Waals surface area (Å²) >= 11 is 5.73. The van der Waals surface area contributed by atoms with Crippen LogP contribution < -0.4 is 5.73 Å². The summed E-state index contributed by atoms with van der Waals surface area (Å²) in [5, 5.41) is 4.32. The molecule has 0 spiro atoms. The van der Waals surface area contributed by atoms with Gasteiger partial charge in [0.1, 0.15) is 0 Å². The third kappa shape index (κ3) is 2.53. The van der Waals surface area contributed by atoms with Crippen molar-refractivity contribution in [1.29, 1.82) is 0 Å².